The van der Waals surface area contributed by atoms with Crippen molar-refractivity contribution in [3.8, 4) is 17.9 Å². The number of aryl methyl sites for hydroxylation is 2. The van der Waals surface area contributed by atoms with Gasteiger partial charge in [-0.15, -0.1) is 0 Å². The zero-order valence-corrected chi connectivity index (χ0v) is 22.3. The summed E-state index contributed by atoms with van der Waals surface area (Å²) in [6.07, 6.45) is 5.00. The summed E-state index contributed by atoms with van der Waals surface area (Å²) in [7, 11) is 1.65. The molecular weight excluding hydrogens is 500 g/mol. The number of imidazole rings is 1. The van der Waals surface area contributed by atoms with E-state index in [-0.39, 0.29) is 0 Å². The fourth-order valence-electron chi connectivity index (χ4n) is 4.43. The van der Waals surface area contributed by atoms with E-state index in [1.165, 1.54) is 6.08 Å². The molecule has 9 nitrogen and oxygen atoms in total. The van der Waals surface area contributed by atoms with Gasteiger partial charge in [-0.25, -0.2) is 4.98 Å². The van der Waals surface area contributed by atoms with Crippen molar-refractivity contribution in [3.05, 3.63) is 101 Å². The van der Waals surface area contributed by atoms with Gasteiger partial charge in [0.1, 0.15) is 5.75 Å². The number of benzene rings is 3. The van der Waals surface area contributed by atoms with E-state index in [1.807, 2.05) is 73.0 Å². The predicted molar refractivity (Wildman–Crippen MR) is 156 cm³/mol. The van der Waals surface area contributed by atoms with Crippen LogP contribution < -0.4 is 15.4 Å². The molecule has 40 heavy (non-hydrogen) atoms. The highest BCUT2D eigenvalue weighted by Gasteiger charge is 2.16. The van der Waals surface area contributed by atoms with Crippen LogP contribution in [0.2, 0.25) is 0 Å². The summed E-state index contributed by atoms with van der Waals surface area (Å²) in [5.74, 6) is 1.74. The molecule has 0 fully saturated rings. The molecule has 0 radical (unpaired) electrons. The molecule has 5 rings (SSSR count). The smallest absolute Gasteiger partial charge is 0.231 e. The van der Waals surface area contributed by atoms with Crippen LogP contribution in [-0.4, -0.2) is 26.6 Å². The molecule has 9 heteroatoms. The highest BCUT2D eigenvalue weighted by atomic mass is 16.5. The van der Waals surface area contributed by atoms with Crippen LogP contribution in [0.15, 0.2) is 73.1 Å². The summed E-state index contributed by atoms with van der Waals surface area (Å²) >= 11 is 0. The molecule has 3 aromatic carbocycles. The molecule has 0 unspecified atom stereocenters. The van der Waals surface area contributed by atoms with E-state index in [0.717, 1.165) is 39.4 Å². The van der Waals surface area contributed by atoms with Gasteiger partial charge in [0.2, 0.25) is 5.95 Å². The fraction of sp³-hybridized carbons (Fsp3) is 0.129. The molecule has 0 spiro atoms. The Morgan fingerprint density at radius 3 is 2.33 bits per heavy atom. The lowest BCUT2D eigenvalue weighted by Gasteiger charge is -2.15. The number of allylic oxidation sites excluding steroid dienone is 1. The van der Waals surface area contributed by atoms with Crippen LogP contribution in [-0.2, 0) is 6.54 Å². The molecule has 0 bridgehead atoms. The fourth-order valence-corrected chi connectivity index (χ4v) is 4.43. The average molecular weight is 527 g/mol. The second kappa shape index (κ2) is 11.4. The Morgan fingerprint density at radius 1 is 0.950 bits per heavy atom. The lowest BCUT2D eigenvalue weighted by atomic mass is 10.0. The van der Waals surface area contributed by atoms with Crippen LogP contribution >= 0.6 is 0 Å². The maximum absolute atomic E-state index is 9.16. The first-order valence-electron chi connectivity index (χ1n) is 12.5. The molecule has 0 saturated carbocycles. The third kappa shape index (κ3) is 5.59. The lowest BCUT2D eigenvalue weighted by molar-refractivity contribution is 0.414. The predicted octanol–water partition coefficient (Wildman–Crippen LogP) is 6.40. The molecule has 0 aliphatic heterocycles. The first-order valence-corrected chi connectivity index (χ1v) is 12.5. The highest BCUT2D eigenvalue weighted by molar-refractivity contribution is 5.87. The number of hydrogen-bond acceptors (Lipinski definition) is 8. The number of anilines is 4. The van der Waals surface area contributed by atoms with Gasteiger partial charge in [-0.2, -0.15) is 20.5 Å². The van der Waals surface area contributed by atoms with Gasteiger partial charge in [0, 0.05) is 17.5 Å². The van der Waals surface area contributed by atoms with Gasteiger partial charge in [-0.1, -0.05) is 12.1 Å². The van der Waals surface area contributed by atoms with Gasteiger partial charge in [-0.3, -0.25) is 0 Å². The monoisotopic (exact) mass is 526 g/mol. The number of methoxy groups -OCH3 is 1. The van der Waals surface area contributed by atoms with E-state index in [2.05, 4.69) is 21.7 Å². The molecule has 0 aliphatic rings. The molecule has 2 aromatic heterocycles. The average Bonchev–Trinajstić information content (AvgIpc) is 3.37. The van der Waals surface area contributed by atoms with E-state index < -0.39 is 0 Å². The van der Waals surface area contributed by atoms with E-state index in [1.54, 1.807) is 31.6 Å². The lowest BCUT2D eigenvalue weighted by Crippen LogP contribution is -2.06. The van der Waals surface area contributed by atoms with Crippen LogP contribution in [0.25, 0.3) is 17.2 Å². The molecule has 0 atom stereocenters. The van der Waals surface area contributed by atoms with Gasteiger partial charge in [0.25, 0.3) is 0 Å². The first-order chi connectivity index (χ1) is 19.5. The highest BCUT2D eigenvalue weighted by Crippen LogP contribution is 2.29. The molecule has 0 saturated heterocycles. The van der Waals surface area contributed by atoms with Gasteiger partial charge in [-0.05, 0) is 90.7 Å². The molecular formula is C31H26N8O. The van der Waals surface area contributed by atoms with Gasteiger partial charge in [0.15, 0.2) is 17.0 Å². The summed E-state index contributed by atoms with van der Waals surface area (Å²) in [5, 5.41) is 24.8. The first kappa shape index (κ1) is 26.0. The van der Waals surface area contributed by atoms with E-state index in [9.17, 15) is 0 Å². The number of nitrogens with zero attached hydrogens (tertiary/aromatic N) is 6. The quantitative estimate of drug-likeness (QED) is 0.223. The topological polar surface area (TPSA) is 124 Å². The van der Waals surface area contributed by atoms with Crippen molar-refractivity contribution < 1.29 is 4.74 Å². The van der Waals surface area contributed by atoms with Crippen LogP contribution in [0, 0.1) is 36.5 Å². The molecule has 196 valence electrons. The van der Waals surface area contributed by atoms with Crippen LogP contribution in [0.5, 0.6) is 5.75 Å². The number of hydrogen-bond donors (Lipinski definition) is 2. The minimum atomic E-state index is 0.409. The van der Waals surface area contributed by atoms with Crippen LogP contribution in [0.4, 0.5) is 23.1 Å². The molecule has 2 heterocycles. The normalized spacial score (nSPS) is 10.8. The van der Waals surface area contributed by atoms with Crippen molar-refractivity contribution in [2.24, 2.45) is 0 Å². The SMILES string of the molecule is COc1ccc(Cn2cnc3c(Nc4ccc(C#N)cc4)nc(Nc4c(C)cc(/C=C/C#N)cc4C)nc32)cc1. The van der Waals surface area contributed by atoms with Crippen molar-refractivity contribution in [2.75, 3.05) is 17.7 Å². The molecule has 2 N–H and O–H groups in total. The third-order valence-corrected chi connectivity index (χ3v) is 6.39. The van der Waals surface area contributed by atoms with Crippen molar-refractivity contribution >= 4 is 40.4 Å². The standard InChI is InChI=1S/C31H26N8O/c1-20-15-24(5-4-14-32)16-21(2)27(20)36-31-37-29(35-25-10-6-22(17-33)7-11-25)28-30(38-31)39(19-34-28)18-23-8-12-26(40-3)13-9-23/h4-13,15-16,19H,18H2,1-3H3,(H2,35,36,37,38)/b5-4+. The Morgan fingerprint density at radius 2 is 1.68 bits per heavy atom. The van der Waals surface area contributed by atoms with Crippen molar-refractivity contribution in [3.63, 3.8) is 0 Å². The third-order valence-electron chi connectivity index (χ3n) is 6.39. The Bertz CT molecular complexity index is 1770. The van der Waals surface area contributed by atoms with Crippen molar-refractivity contribution in [1.29, 1.82) is 10.5 Å². The number of fused-ring (bicyclic) bond motifs is 1. The molecule has 5 aromatic rings. The number of aromatic nitrogens is 4. The molecule has 0 aliphatic carbocycles. The maximum Gasteiger partial charge on any atom is 0.231 e. The van der Waals surface area contributed by atoms with Crippen LogP contribution in [0.1, 0.15) is 27.8 Å². The van der Waals surface area contributed by atoms with Crippen LogP contribution in [0.3, 0.4) is 0 Å². The number of rotatable bonds is 8. The summed E-state index contributed by atoms with van der Waals surface area (Å²) in [6, 6.07) is 23.2. The van der Waals surface area contributed by atoms with Crippen molar-refractivity contribution in [1.82, 2.24) is 19.5 Å². The Labute approximate surface area is 232 Å². The second-order valence-corrected chi connectivity index (χ2v) is 9.22. The van der Waals surface area contributed by atoms with Gasteiger partial charge >= 0.3 is 0 Å². The summed E-state index contributed by atoms with van der Waals surface area (Å²) in [6.45, 7) is 4.56. The molecule has 0 amide bonds. The Kier molecular flexibility index (Phi) is 7.38. The minimum Gasteiger partial charge on any atom is -0.497 e. The summed E-state index contributed by atoms with van der Waals surface area (Å²) < 4.78 is 7.26. The zero-order chi connectivity index (χ0) is 28.1. The summed E-state index contributed by atoms with van der Waals surface area (Å²) in [4.78, 5) is 14.3. The Balaban J connectivity index is 1.56. The van der Waals surface area contributed by atoms with E-state index in [4.69, 9.17) is 25.2 Å². The number of nitriles is 2. The van der Waals surface area contributed by atoms with E-state index >= 15 is 0 Å². The van der Waals surface area contributed by atoms with Gasteiger partial charge in [0.05, 0.1) is 37.7 Å². The van der Waals surface area contributed by atoms with Gasteiger partial charge < -0.3 is 19.9 Å². The maximum atomic E-state index is 9.16. The number of ether oxygens (including phenoxy) is 1. The largest absolute Gasteiger partial charge is 0.497 e. The Hall–Kier alpha value is -5.67. The number of nitrogens with one attached hydrogen (secondary N) is 2. The second-order valence-electron chi connectivity index (χ2n) is 9.22. The summed E-state index contributed by atoms with van der Waals surface area (Å²) in [5.41, 5.74) is 7.52. The van der Waals surface area contributed by atoms with Crippen molar-refractivity contribution in [2.45, 2.75) is 20.4 Å². The zero-order valence-electron chi connectivity index (χ0n) is 22.3. The van der Waals surface area contributed by atoms with E-state index in [0.29, 0.717) is 35.0 Å². The minimum absolute atomic E-state index is 0.409.